The van der Waals surface area contributed by atoms with Crippen LogP contribution in [-0.2, 0) is 10.0 Å². The van der Waals surface area contributed by atoms with Crippen molar-refractivity contribution in [2.75, 3.05) is 13.1 Å². The molecule has 0 aliphatic heterocycles. The van der Waals surface area contributed by atoms with Crippen LogP contribution in [0.3, 0.4) is 0 Å². The average Bonchev–Trinajstić information content (AvgIpc) is 2.20. The van der Waals surface area contributed by atoms with Gasteiger partial charge in [-0.2, -0.15) is 0 Å². The summed E-state index contributed by atoms with van der Waals surface area (Å²) < 4.78 is 39.1. The Kier molecular flexibility index (Phi) is 6.57. The van der Waals surface area contributed by atoms with Gasteiger partial charge >= 0.3 is 0 Å². The molecule has 0 aliphatic carbocycles. The van der Waals surface area contributed by atoms with E-state index in [4.69, 9.17) is 5.73 Å². The van der Waals surface area contributed by atoms with Gasteiger partial charge in [0.25, 0.3) is 0 Å². The van der Waals surface area contributed by atoms with Gasteiger partial charge in [-0.3, -0.25) is 0 Å². The molecule has 0 aromatic heterocycles. The van der Waals surface area contributed by atoms with Crippen LogP contribution in [0.4, 0.5) is 4.39 Å². The van der Waals surface area contributed by atoms with Gasteiger partial charge in [-0.25, -0.2) is 17.5 Å². The van der Waals surface area contributed by atoms with E-state index in [1.54, 1.807) is 0 Å². The Morgan fingerprint density at radius 3 is 2.59 bits per heavy atom. The van der Waals surface area contributed by atoms with E-state index in [0.717, 1.165) is 0 Å². The fraction of sp³-hybridized carbons (Fsp3) is 0.333. The summed E-state index contributed by atoms with van der Waals surface area (Å²) >= 11 is 2.95. The van der Waals surface area contributed by atoms with Gasteiger partial charge in [-0.05, 0) is 40.5 Å². The lowest BCUT2D eigenvalue weighted by Gasteiger charge is -2.09. The largest absolute Gasteiger partial charge is 0.329 e. The fourth-order valence-corrected chi connectivity index (χ4v) is 2.98. The standard InChI is InChI=1S/C9H12BrFN2O2S.ClH/c1-6-4-8(11)7(10)5-9(6)16(14,15)13-3-2-12;/h4-5,13H,2-3,12H2,1H3;1H. The first-order valence-electron chi connectivity index (χ1n) is 4.54. The van der Waals surface area contributed by atoms with E-state index in [1.165, 1.54) is 19.1 Å². The van der Waals surface area contributed by atoms with Gasteiger partial charge in [0.05, 0.1) is 9.37 Å². The molecule has 0 amide bonds. The van der Waals surface area contributed by atoms with Crippen LogP contribution in [0.15, 0.2) is 21.5 Å². The number of rotatable bonds is 4. The highest BCUT2D eigenvalue weighted by atomic mass is 79.9. The molecule has 1 rings (SSSR count). The highest BCUT2D eigenvalue weighted by Crippen LogP contribution is 2.23. The number of hydrogen-bond donors (Lipinski definition) is 2. The summed E-state index contributed by atoms with van der Waals surface area (Å²) in [7, 11) is -3.62. The van der Waals surface area contributed by atoms with E-state index in [1.807, 2.05) is 0 Å². The molecule has 4 nitrogen and oxygen atoms in total. The molecular weight excluding hydrogens is 335 g/mol. The molecule has 0 saturated heterocycles. The summed E-state index contributed by atoms with van der Waals surface area (Å²) in [6.45, 7) is 1.89. The minimum atomic E-state index is -3.62. The zero-order valence-corrected chi connectivity index (χ0v) is 12.3. The van der Waals surface area contributed by atoms with Gasteiger partial charge in [-0.1, -0.05) is 0 Å². The summed E-state index contributed by atoms with van der Waals surface area (Å²) in [5, 5.41) is 0. The Bertz CT molecular complexity index is 496. The van der Waals surface area contributed by atoms with Gasteiger partial charge in [-0.15, -0.1) is 12.4 Å². The van der Waals surface area contributed by atoms with Crippen LogP contribution in [0.2, 0.25) is 0 Å². The van der Waals surface area contributed by atoms with Crippen molar-refractivity contribution in [3.8, 4) is 0 Å². The van der Waals surface area contributed by atoms with Gasteiger partial charge < -0.3 is 5.73 Å². The molecule has 0 unspecified atom stereocenters. The van der Waals surface area contributed by atoms with Crippen molar-refractivity contribution in [2.45, 2.75) is 11.8 Å². The highest BCUT2D eigenvalue weighted by molar-refractivity contribution is 9.10. The molecule has 98 valence electrons. The Morgan fingerprint density at radius 1 is 1.47 bits per heavy atom. The molecule has 0 aliphatic rings. The molecule has 0 spiro atoms. The van der Waals surface area contributed by atoms with Crippen LogP contribution in [-0.4, -0.2) is 21.5 Å². The number of halogens is 3. The molecule has 0 heterocycles. The zero-order chi connectivity index (χ0) is 12.3. The van der Waals surface area contributed by atoms with Crippen LogP contribution in [0.5, 0.6) is 0 Å². The van der Waals surface area contributed by atoms with Gasteiger partial charge in [0, 0.05) is 13.1 Å². The Morgan fingerprint density at radius 2 is 2.06 bits per heavy atom. The lowest BCUT2D eigenvalue weighted by atomic mass is 10.2. The molecule has 17 heavy (non-hydrogen) atoms. The lowest BCUT2D eigenvalue weighted by molar-refractivity contribution is 0.580. The van der Waals surface area contributed by atoms with E-state index in [9.17, 15) is 12.8 Å². The molecule has 0 bridgehead atoms. The lowest BCUT2D eigenvalue weighted by Crippen LogP contribution is -2.29. The second kappa shape index (κ2) is 6.65. The summed E-state index contributed by atoms with van der Waals surface area (Å²) in [5.41, 5.74) is 5.56. The maximum atomic E-state index is 13.1. The molecule has 0 radical (unpaired) electrons. The highest BCUT2D eigenvalue weighted by Gasteiger charge is 2.18. The second-order valence-corrected chi connectivity index (χ2v) is 5.81. The van der Waals surface area contributed by atoms with E-state index in [-0.39, 0.29) is 34.9 Å². The van der Waals surface area contributed by atoms with Crippen molar-refractivity contribution in [3.05, 3.63) is 28.0 Å². The molecule has 1 aromatic rings. The Hall–Kier alpha value is -0.210. The molecule has 3 N–H and O–H groups in total. The first-order valence-corrected chi connectivity index (χ1v) is 6.81. The summed E-state index contributed by atoms with van der Waals surface area (Å²) in [4.78, 5) is 0.0502. The maximum Gasteiger partial charge on any atom is 0.240 e. The number of nitrogens with two attached hydrogens (primary N) is 1. The molecule has 0 fully saturated rings. The number of hydrogen-bond acceptors (Lipinski definition) is 3. The van der Waals surface area contributed by atoms with Crippen molar-refractivity contribution in [2.24, 2.45) is 5.73 Å². The SMILES string of the molecule is Cc1cc(F)c(Br)cc1S(=O)(=O)NCCN.Cl. The van der Waals surface area contributed by atoms with Gasteiger partial charge in [0.2, 0.25) is 10.0 Å². The fourth-order valence-electron chi connectivity index (χ4n) is 1.19. The van der Waals surface area contributed by atoms with E-state index in [0.29, 0.717) is 5.56 Å². The first-order chi connectivity index (χ1) is 7.38. The third kappa shape index (κ3) is 4.18. The Labute approximate surface area is 114 Å². The molecule has 1 aromatic carbocycles. The van der Waals surface area contributed by atoms with E-state index >= 15 is 0 Å². The average molecular weight is 348 g/mol. The van der Waals surface area contributed by atoms with E-state index < -0.39 is 15.8 Å². The smallest absolute Gasteiger partial charge is 0.240 e. The van der Waals surface area contributed by atoms with Crippen LogP contribution in [0.25, 0.3) is 0 Å². The van der Waals surface area contributed by atoms with Crippen LogP contribution < -0.4 is 10.5 Å². The van der Waals surface area contributed by atoms with Crippen LogP contribution >= 0.6 is 28.3 Å². The number of sulfonamides is 1. The quantitative estimate of drug-likeness (QED) is 0.868. The predicted molar refractivity (Wildman–Crippen MR) is 70.3 cm³/mol. The third-order valence-electron chi connectivity index (χ3n) is 1.94. The normalized spacial score (nSPS) is 11.1. The van der Waals surface area contributed by atoms with Gasteiger partial charge in [0.15, 0.2) is 0 Å². The number of aryl methyl sites for hydroxylation is 1. The minimum Gasteiger partial charge on any atom is -0.329 e. The molecule has 8 heteroatoms. The summed E-state index contributed by atoms with van der Waals surface area (Å²) in [6.07, 6.45) is 0. The third-order valence-corrected chi connectivity index (χ3v) is 4.15. The molecule has 0 saturated carbocycles. The maximum absolute atomic E-state index is 13.1. The Balaban J connectivity index is 0.00000256. The zero-order valence-electron chi connectivity index (χ0n) is 9.04. The van der Waals surface area contributed by atoms with Crippen LogP contribution in [0.1, 0.15) is 5.56 Å². The van der Waals surface area contributed by atoms with Crippen molar-refractivity contribution >= 4 is 38.4 Å². The van der Waals surface area contributed by atoms with Crippen molar-refractivity contribution < 1.29 is 12.8 Å². The predicted octanol–water partition coefficient (Wildman–Crippen LogP) is 1.56. The summed E-state index contributed by atoms with van der Waals surface area (Å²) in [6, 6.07) is 2.41. The van der Waals surface area contributed by atoms with E-state index in [2.05, 4.69) is 20.7 Å². The van der Waals surface area contributed by atoms with Crippen LogP contribution in [0, 0.1) is 12.7 Å². The number of benzene rings is 1. The van der Waals surface area contributed by atoms with Crippen molar-refractivity contribution in [1.29, 1.82) is 0 Å². The minimum absolute atomic E-state index is 0. The monoisotopic (exact) mass is 346 g/mol. The number of nitrogens with one attached hydrogen (secondary N) is 1. The van der Waals surface area contributed by atoms with Crippen molar-refractivity contribution in [3.63, 3.8) is 0 Å². The molecule has 0 atom stereocenters. The molecular formula is C9H13BrClFN2O2S. The second-order valence-electron chi connectivity index (χ2n) is 3.22. The van der Waals surface area contributed by atoms with Gasteiger partial charge in [0.1, 0.15) is 5.82 Å². The summed E-state index contributed by atoms with van der Waals surface area (Å²) in [5.74, 6) is -0.490. The van der Waals surface area contributed by atoms with Crippen molar-refractivity contribution in [1.82, 2.24) is 4.72 Å². The topological polar surface area (TPSA) is 72.2 Å². The first kappa shape index (κ1) is 16.8.